The Bertz CT molecular complexity index is 794. The van der Waals surface area contributed by atoms with E-state index in [-0.39, 0.29) is 11.7 Å². The molecule has 0 radical (unpaired) electrons. The Hall–Kier alpha value is -2.32. The van der Waals surface area contributed by atoms with Crippen molar-refractivity contribution in [1.29, 1.82) is 5.26 Å². The molecule has 0 atom stereocenters. The maximum absolute atomic E-state index is 12.1. The standard InChI is InChI=1S/C18H19N3OS/c1-11-5-6-15(8-12(11)2)21-17(22)10-23-18-16(9-19)13(3)7-14(4)20-18/h5-8H,10H2,1-4H3,(H,21,22). The van der Waals surface area contributed by atoms with Crippen LogP contribution in [0.25, 0.3) is 0 Å². The van der Waals surface area contributed by atoms with Gasteiger partial charge in [-0.3, -0.25) is 4.79 Å². The Morgan fingerprint density at radius 3 is 2.57 bits per heavy atom. The van der Waals surface area contributed by atoms with Crippen molar-refractivity contribution in [3.05, 3.63) is 52.2 Å². The number of carbonyl (C=O) groups excluding carboxylic acids is 1. The van der Waals surface area contributed by atoms with E-state index in [9.17, 15) is 10.1 Å². The molecule has 1 N–H and O–H groups in total. The minimum Gasteiger partial charge on any atom is -0.325 e. The van der Waals surface area contributed by atoms with Gasteiger partial charge in [-0.25, -0.2) is 4.98 Å². The summed E-state index contributed by atoms with van der Waals surface area (Å²) < 4.78 is 0. The number of pyridine rings is 1. The fraction of sp³-hybridized carbons (Fsp3) is 0.278. The van der Waals surface area contributed by atoms with Gasteiger partial charge in [0.05, 0.1) is 11.3 Å². The Labute approximate surface area is 140 Å². The summed E-state index contributed by atoms with van der Waals surface area (Å²) >= 11 is 1.29. The SMILES string of the molecule is Cc1cc(C)c(C#N)c(SCC(=O)Nc2ccc(C)c(C)c2)n1. The first-order valence-corrected chi connectivity index (χ1v) is 8.27. The zero-order valence-corrected chi connectivity index (χ0v) is 14.5. The van der Waals surface area contributed by atoms with Crippen LogP contribution in [0, 0.1) is 39.0 Å². The predicted molar refractivity (Wildman–Crippen MR) is 93.7 cm³/mol. The van der Waals surface area contributed by atoms with Crippen molar-refractivity contribution in [2.75, 3.05) is 11.1 Å². The summed E-state index contributed by atoms with van der Waals surface area (Å²) in [5.41, 5.74) is 5.39. The Kier molecular flexibility index (Phi) is 5.41. The lowest BCUT2D eigenvalue weighted by atomic mass is 10.1. The quantitative estimate of drug-likeness (QED) is 0.865. The first-order valence-electron chi connectivity index (χ1n) is 7.29. The van der Waals surface area contributed by atoms with E-state index in [1.54, 1.807) is 0 Å². The monoisotopic (exact) mass is 325 g/mol. The third-order valence-electron chi connectivity index (χ3n) is 3.55. The molecule has 1 aromatic heterocycles. The fourth-order valence-corrected chi connectivity index (χ4v) is 3.09. The van der Waals surface area contributed by atoms with E-state index >= 15 is 0 Å². The van der Waals surface area contributed by atoms with Gasteiger partial charge >= 0.3 is 0 Å². The highest BCUT2D eigenvalue weighted by atomic mass is 32.2. The lowest BCUT2D eigenvalue weighted by molar-refractivity contribution is -0.113. The van der Waals surface area contributed by atoms with E-state index in [4.69, 9.17) is 0 Å². The van der Waals surface area contributed by atoms with Crippen molar-refractivity contribution in [2.45, 2.75) is 32.7 Å². The molecule has 118 valence electrons. The van der Waals surface area contributed by atoms with Crippen LogP contribution in [-0.2, 0) is 4.79 Å². The van der Waals surface area contributed by atoms with E-state index in [2.05, 4.69) is 16.4 Å². The summed E-state index contributed by atoms with van der Waals surface area (Å²) in [7, 11) is 0. The molecule has 1 heterocycles. The fourth-order valence-electron chi connectivity index (χ4n) is 2.19. The zero-order chi connectivity index (χ0) is 17.0. The third-order valence-corrected chi connectivity index (χ3v) is 4.53. The first-order chi connectivity index (χ1) is 10.9. The first kappa shape index (κ1) is 17.0. The van der Waals surface area contributed by atoms with Crippen LogP contribution in [0.1, 0.15) is 27.9 Å². The van der Waals surface area contributed by atoms with Crippen molar-refractivity contribution >= 4 is 23.4 Å². The molecule has 2 rings (SSSR count). The molecule has 1 aromatic carbocycles. The van der Waals surface area contributed by atoms with Gasteiger partial charge in [-0.2, -0.15) is 5.26 Å². The summed E-state index contributed by atoms with van der Waals surface area (Å²) in [5, 5.41) is 12.7. The van der Waals surface area contributed by atoms with Gasteiger partial charge in [0.2, 0.25) is 5.91 Å². The molecule has 0 fully saturated rings. The molecule has 23 heavy (non-hydrogen) atoms. The molecule has 0 unspecified atom stereocenters. The van der Waals surface area contributed by atoms with Crippen molar-refractivity contribution < 1.29 is 4.79 Å². The van der Waals surface area contributed by atoms with Gasteiger partial charge in [0.1, 0.15) is 11.1 Å². The smallest absolute Gasteiger partial charge is 0.234 e. The van der Waals surface area contributed by atoms with Gasteiger partial charge in [0, 0.05) is 11.4 Å². The molecule has 0 saturated carbocycles. The number of rotatable bonds is 4. The van der Waals surface area contributed by atoms with E-state index < -0.39 is 0 Å². The average Bonchev–Trinajstić information content (AvgIpc) is 2.48. The number of benzene rings is 1. The van der Waals surface area contributed by atoms with E-state index in [1.807, 2.05) is 52.0 Å². The Morgan fingerprint density at radius 1 is 1.17 bits per heavy atom. The normalized spacial score (nSPS) is 10.2. The minimum atomic E-state index is -0.108. The van der Waals surface area contributed by atoms with Crippen LogP contribution in [0.4, 0.5) is 5.69 Å². The van der Waals surface area contributed by atoms with Gasteiger partial charge in [0.15, 0.2) is 0 Å². The maximum atomic E-state index is 12.1. The second kappa shape index (κ2) is 7.30. The summed E-state index contributed by atoms with van der Waals surface area (Å²) in [5.74, 6) is 0.112. The lowest BCUT2D eigenvalue weighted by Gasteiger charge is -2.09. The number of nitrogens with one attached hydrogen (secondary N) is 1. The van der Waals surface area contributed by atoms with E-state index in [1.165, 1.54) is 17.3 Å². The molecule has 0 bridgehead atoms. The van der Waals surface area contributed by atoms with E-state index in [0.29, 0.717) is 10.6 Å². The molecule has 4 nitrogen and oxygen atoms in total. The highest BCUT2D eigenvalue weighted by molar-refractivity contribution is 8.00. The topological polar surface area (TPSA) is 65.8 Å². The summed E-state index contributed by atoms with van der Waals surface area (Å²) in [6, 6.07) is 9.86. The summed E-state index contributed by atoms with van der Waals surface area (Å²) in [6.07, 6.45) is 0. The highest BCUT2D eigenvalue weighted by Crippen LogP contribution is 2.24. The van der Waals surface area contributed by atoms with Crippen LogP contribution >= 0.6 is 11.8 Å². The number of carbonyl (C=O) groups is 1. The molecule has 0 saturated heterocycles. The molecule has 5 heteroatoms. The van der Waals surface area contributed by atoms with Gasteiger partial charge in [-0.1, -0.05) is 17.8 Å². The van der Waals surface area contributed by atoms with Gasteiger partial charge in [-0.15, -0.1) is 0 Å². The van der Waals surface area contributed by atoms with Crippen LogP contribution < -0.4 is 5.32 Å². The predicted octanol–water partition coefficient (Wildman–Crippen LogP) is 3.92. The average molecular weight is 325 g/mol. The van der Waals surface area contributed by atoms with Crippen molar-refractivity contribution in [2.24, 2.45) is 0 Å². The molecular formula is C18H19N3OS. The molecule has 0 aliphatic heterocycles. The molecule has 0 aliphatic carbocycles. The minimum absolute atomic E-state index is 0.108. The number of nitriles is 1. The largest absolute Gasteiger partial charge is 0.325 e. The number of anilines is 1. The van der Waals surface area contributed by atoms with E-state index in [0.717, 1.165) is 22.5 Å². The van der Waals surface area contributed by atoms with Crippen LogP contribution in [0.5, 0.6) is 0 Å². The molecular weight excluding hydrogens is 306 g/mol. The summed E-state index contributed by atoms with van der Waals surface area (Å²) in [6.45, 7) is 7.81. The van der Waals surface area contributed by atoms with Crippen LogP contribution in [0.3, 0.4) is 0 Å². The highest BCUT2D eigenvalue weighted by Gasteiger charge is 2.11. The van der Waals surface area contributed by atoms with Gasteiger partial charge in [-0.05, 0) is 62.6 Å². The van der Waals surface area contributed by atoms with Crippen LogP contribution in [-0.4, -0.2) is 16.6 Å². The lowest BCUT2D eigenvalue weighted by Crippen LogP contribution is -2.14. The molecule has 2 aromatic rings. The van der Waals surface area contributed by atoms with Crippen LogP contribution in [0.2, 0.25) is 0 Å². The number of aromatic nitrogens is 1. The molecule has 1 amide bonds. The van der Waals surface area contributed by atoms with Gasteiger partial charge in [0.25, 0.3) is 0 Å². The maximum Gasteiger partial charge on any atom is 0.234 e. The van der Waals surface area contributed by atoms with Crippen LogP contribution in [0.15, 0.2) is 29.3 Å². The molecule has 0 aliphatic rings. The number of amides is 1. The number of hydrogen-bond donors (Lipinski definition) is 1. The number of hydrogen-bond acceptors (Lipinski definition) is 4. The summed E-state index contributed by atoms with van der Waals surface area (Å²) in [4.78, 5) is 16.5. The van der Waals surface area contributed by atoms with Crippen molar-refractivity contribution in [3.63, 3.8) is 0 Å². The zero-order valence-electron chi connectivity index (χ0n) is 13.7. The second-order valence-electron chi connectivity index (χ2n) is 5.51. The number of aryl methyl sites for hydroxylation is 4. The van der Waals surface area contributed by atoms with Crippen molar-refractivity contribution in [3.8, 4) is 6.07 Å². The molecule has 0 spiro atoms. The number of nitrogens with zero attached hydrogens (tertiary/aromatic N) is 2. The van der Waals surface area contributed by atoms with Crippen molar-refractivity contribution in [1.82, 2.24) is 4.98 Å². The van der Waals surface area contributed by atoms with Gasteiger partial charge < -0.3 is 5.32 Å². The second-order valence-corrected chi connectivity index (χ2v) is 6.47. The number of thioether (sulfide) groups is 1. The third kappa shape index (κ3) is 4.33. The Balaban J connectivity index is 2.05. The Morgan fingerprint density at radius 2 is 1.91 bits per heavy atom.